The minimum absolute atomic E-state index is 0.691. The fourth-order valence-electron chi connectivity index (χ4n) is 3.04. The van der Waals surface area contributed by atoms with Gasteiger partial charge >= 0.3 is 0 Å². The predicted octanol–water partition coefficient (Wildman–Crippen LogP) is 1.37. The van der Waals surface area contributed by atoms with Crippen LogP contribution in [0.3, 0.4) is 0 Å². The van der Waals surface area contributed by atoms with Gasteiger partial charge in [-0.1, -0.05) is 11.6 Å². The molecule has 1 aliphatic heterocycles. The average Bonchev–Trinajstić information content (AvgIpc) is 2.49. The van der Waals surface area contributed by atoms with Crippen molar-refractivity contribution in [1.29, 1.82) is 0 Å². The molecule has 0 radical (unpaired) electrons. The SMILES string of the molecule is CC[NH+]1CC[NH+](CCCCOc2c(Cl)cc(C)cc2Br)CC1. The van der Waals surface area contributed by atoms with Gasteiger partial charge in [-0.05, 0) is 60.3 Å². The van der Waals surface area contributed by atoms with Crippen molar-refractivity contribution in [2.24, 2.45) is 0 Å². The summed E-state index contributed by atoms with van der Waals surface area (Å²) in [5.74, 6) is 0.778. The zero-order valence-electron chi connectivity index (χ0n) is 13.7. The van der Waals surface area contributed by atoms with Crippen molar-refractivity contribution in [3.63, 3.8) is 0 Å². The lowest BCUT2D eigenvalue weighted by molar-refractivity contribution is -1.01. The number of hydrogen-bond acceptors (Lipinski definition) is 1. The molecular weight excluding hydrogens is 364 g/mol. The molecule has 2 N–H and O–H groups in total. The highest BCUT2D eigenvalue weighted by Gasteiger charge is 2.20. The number of unbranched alkanes of at least 4 members (excludes halogenated alkanes) is 1. The smallest absolute Gasteiger partial charge is 0.152 e. The first-order chi connectivity index (χ1) is 10.6. The van der Waals surface area contributed by atoms with Crippen LogP contribution in [0.5, 0.6) is 5.75 Å². The average molecular weight is 392 g/mol. The first kappa shape index (κ1) is 18.1. The molecule has 0 unspecified atom stereocenters. The zero-order valence-corrected chi connectivity index (χ0v) is 16.0. The number of aryl methyl sites for hydroxylation is 1. The number of piperazine rings is 1. The van der Waals surface area contributed by atoms with Crippen LogP contribution in [0.4, 0.5) is 0 Å². The van der Waals surface area contributed by atoms with Gasteiger partial charge in [0.25, 0.3) is 0 Å². The maximum absolute atomic E-state index is 6.24. The van der Waals surface area contributed by atoms with Crippen molar-refractivity contribution in [1.82, 2.24) is 0 Å². The molecule has 0 amide bonds. The maximum Gasteiger partial charge on any atom is 0.152 e. The summed E-state index contributed by atoms with van der Waals surface area (Å²) in [6.45, 7) is 12.9. The van der Waals surface area contributed by atoms with E-state index in [1.54, 1.807) is 9.80 Å². The second kappa shape index (κ2) is 9.11. The molecule has 1 fully saturated rings. The molecule has 2 rings (SSSR count). The summed E-state index contributed by atoms with van der Waals surface area (Å²) in [7, 11) is 0. The van der Waals surface area contributed by atoms with Crippen molar-refractivity contribution in [3.05, 3.63) is 27.2 Å². The van der Waals surface area contributed by atoms with Crippen molar-refractivity contribution < 1.29 is 14.5 Å². The number of hydrogen-bond donors (Lipinski definition) is 2. The molecule has 0 bridgehead atoms. The van der Waals surface area contributed by atoms with Gasteiger partial charge < -0.3 is 14.5 Å². The molecule has 124 valence electrons. The van der Waals surface area contributed by atoms with Crippen molar-refractivity contribution in [3.8, 4) is 5.75 Å². The van der Waals surface area contributed by atoms with Crippen LogP contribution in [-0.2, 0) is 0 Å². The van der Waals surface area contributed by atoms with Crippen molar-refractivity contribution >= 4 is 27.5 Å². The number of likely N-dealkylation sites (N-methyl/N-ethyl adjacent to an activating group) is 1. The molecule has 0 atom stereocenters. The summed E-state index contributed by atoms with van der Waals surface area (Å²) in [6.07, 6.45) is 2.31. The van der Waals surface area contributed by atoms with Crippen LogP contribution in [0, 0.1) is 6.92 Å². The number of halogens is 2. The van der Waals surface area contributed by atoms with E-state index >= 15 is 0 Å². The zero-order chi connectivity index (χ0) is 15.9. The molecule has 1 aliphatic rings. The fourth-order valence-corrected chi connectivity index (χ4v) is 4.17. The van der Waals surface area contributed by atoms with Gasteiger partial charge in [-0.15, -0.1) is 0 Å². The number of nitrogens with one attached hydrogen (secondary N) is 2. The van der Waals surface area contributed by atoms with E-state index in [2.05, 4.69) is 22.9 Å². The minimum Gasteiger partial charge on any atom is -0.491 e. The van der Waals surface area contributed by atoms with E-state index in [1.807, 2.05) is 19.1 Å². The van der Waals surface area contributed by atoms with Crippen LogP contribution >= 0.6 is 27.5 Å². The monoisotopic (exact) mass is 390 g/mol. The second-order valence-corrected chi connectivity index (χ2v) is 7.48. The maximum atomic E-state index is 6.24. The van der Waals surface area contributed by atoms with E-state index in [0.29, 0.717) is 5.02 Å². The summed E-state index contributed by atoms with van der Waals surface area (Å²) in [4.78, 5) is 3.51. The van der Waals surface area contributed by atoms with Crippen LogP contribution < -0.4 is 14.5 Å². The van der Waals surface area contributed by atoms with Crippen molar-refractivity contribution in [2.75, 3.05) is 45.9 Å². The molecule has 0 saturated carbocycles. The van der Waals surface area contributed by atoms with Gasteiger partial charge in [0.1, 0.15) is 26.2 Å². The van der Waals surface area contributed by atoms with Gasteiger partial charge in [0.2, 0.25) is 0 Å². The third-order valence-corrected chi connectivity index (χ3v) is 5.35. The van der Waals surface area contributed by atoms with E-state index in [0.717, 1.165) is 28.8 Å². The molecule has 1 heterocycles. The molecule has 22 heavy (non-hydrogen) atoms. The third-order valence-electron chi connectivity index (χ3n) is 4.48. The molecule has 0 aromatic heterocycles. The summed E-state index contributed by atoms with van der Waals surface area (Å²) in [6, 6.07) is 3.99. The van der Waals surface area contributed by atoms with Gasteiger partial charge in [0.05, 0.1) is 29.2 Å². The molecular formula is C17H28BrClN2O+2. The molecule has 5 heteroatoms. The van der Waals surface area contributed by atoms with Gasteiger partial charge in [-0.3, -0.25) is 0 Å². The Balaban J connectivity index is 1.64. The summed E-state index contributed by atoms with van der Waals surface area (Å²) in [5, 5.41) is 0.691. The first-order valence-electron chi connectivity index (χ1n) is 8.35. The molecule has 3 nitrogen and oxygen atoms in total. The quantitative estimate of drug-likeness (QED) is 0.672. The largest absolute Gasteiger partial charge is 0.491 e. The highest BCUT2D eigenvalue weighted by molar-refractivity contribution is 9.10. The van der Waals surface area contributed by atoms with E-state index in [9.17, 15) is 0 Å². The van der Waals surface area contributed by atoms with Gasteiger partial charge in [-0.2, -0.15) is 0 Å². The Bertz CT molecular complexity index is 453. The standard InChI is InChI=1S/C17H26BrClN2O/c1-3-20-7-9-21(10-8-20)6-4-5-11-22-17-15(18)12-14(2)13-16(17)19/h12-13H,3-11H2,1-2H3/p+2. The minimum atomic E-state index is 0.691. The van der Waals surface area contributed by atoms with Crippen LogP contribution in [-0.4, -0.2) is 45.9 Å². The number of ether oxygens (including phenoxy) is 1. The third kappa shape index (κ3) is 5.41. The summed E-state index contributed by atoms with van der Waals surface area (Å²) in [5.41, 5.74) is 1.14. The van der Waals surface area contributed by atoms with E-state index < -0.39 is 0 Å². The predicted molar refractivity (Wildman–Crippen MR) is 95.4 cm³/mol. The van der Waals surface area contributed by atoms with E-state index in [1.165, 1.54) is 45.7 Å². The normalized spacial score (nSPS) is 21.8. The highest BCUT2D eigenvalue weighted by Crippen LogP contribution is 2.34. The molecule has 0 spiro atoms. The molecule has 1 aromatic rings. The highest BCUT2D eigenvalue weighted by atomic mass is 79.9. The Morgan fingerprint density at radius 1 is 1.14 bits per heavy atom. The van der Waals surface area contributed by atoms with Crippen LogP contribution in [0.2, 0.25) is 5.02 Å². The van der Waals surface area contributed by atoms with E-state index in [-0.39, 0.29) is 0 Å². The lowest BCUT2D eigenvalue weighted by Gasteiger charge is -2.28. The molecule has 1 aromatic carbocycles. The van der Waals surface area contributed by atoms with Crippen LogP contribution in [0.1, 0.15) is 25.3 Å². The Morgan fingerprint density at radius 3 is 2.45 bits per heavy atom. The van der Waals surface area contributed by atoms with E-state index in [4.69, 9.17) is 16.3 Å². The number of rotatable bonds is 7. The Kier molecular flexibility index (Phi) is 7.48. The first-order valence-corrected chi connectivity index (χ1v) is 9.52. The molecule has 1 saturated heterocycles. The Hall–Kier alpha value is -0.290. The fraction of sp³-hybridized carbons (Fsp3) is 0.647. The summed E-state index contributed by atoms with van der Waals surface area (Å²) < 4.78 is 6.80. The number of quaternary nitrogens is 2. The second-order valence-electron chi connectivity index (χ2n) is 6.22. The molecule has 0 aliphatic carbocycles. The lowest BCUT2D eigenvalue weighted by atomic mass is 10.2. The van der Waals surface area contributed by atoms with Crippen LogP contribution in [0.15, 0.2) is 16.6 Å². The number of benzene rings is 1. The van der Waals surface area contributed by atoms with Gasteiger partial charge in [-0.25, -0.2) is 0 Å². The van der Waals surface area contributed by atoms with Crippen LogP contribution in [0.25, 0.3) is 0 Å². The van der Waals surface area contributed by atoms with Crippen molar-refractivity contribution in [2.45, 2.75) is 26.7 Å². The van der Waals surface area contributed by atoms with Gasteiger partial charge in [0, 0.05) is 0 Å². The Labute approximate surface area is 147 Å². The summed E-state index contributed by atoms with van der Waals surface area (Å²) >= 11 is 9.76. The topological polar surface area (TPSA) is 18.1 Å². The Morgan fingerprint density at radius 2 is 1.82 bits per heavy atom. The lowest BCUT2D eigenvalue weighted by Crippen LogP contribution is -3.28. The van der Waals surface area contributed by atoms with Gasteiger partial charge in [0.15, 0.2) is 5.75 Å².